The molecule has 2 rings (SSSR count). The van der Waals surface area contributed by atoms with E-state index in [1.807, 2.05) is 37.3 Å². The Morgan fingerprint density at radius 1 is 1.05 bits per heavy atom. The van der Waals surface area contributed by atoms with Crippen LogP contribution in [-0.4, -0.2) is 13.1 Å². The van der Waals surface area contributed by atoms with Crippen LogP contribution in [0.4, 0.5) is 8.78 Å². The molecule has 0 amide bonds. The van der Waals surface area contributed by atoms with Crippen LogP contribution in [-0.2, 0) is 0 Å². The van der Waals surface area contributed by atoms with E-state index >= 15 is 0 Å². The van der Waals surface area contributed by atoms with E-state index in [1.54, 1.807) is 0 Å². The minimum Gasteiger partial charge on any atom is -0.484 e. The third-order valence-electron chi connectivity index (χ3n) is 2.87. The van der Waals surface area contributed by atoms with Crippen molar-refractivity contribution in [3.05, 3.63) is 65.7 Å². The lowest BCUT2D eigenvalue weighted by Gasteiger charge is -2.20. The Balaban J connectivity index is 2.19. The summed E-state index contributed by atoms with van der Waals surface area (Å²) in [5.41, 5.74) is 0.957. The summed E-state index contributed by atoms with van der Waals surface area (Å²) < 4.78 is 32.1. The van der Waals surface area contributed by atoms with E-state index in [-0.39, 0.29) is 11.9 Å². The Labute approximate surface area is 117 Å². The van der Waals surface area contributed by atoms with Gasteiger partial charge in [0.15, 0.2) is 0 Å². The Morgan fingerprint density at radius 2 is 1.70 bits per heavy atom. The van der Waals surface area contributed by atoms with Gasteiger partial charge < -0.3 is 10.1 Å². The lowest BCUT2D eigenvalue weighted by Crippen LogP contribution is -2.25. The molecule has 0 aliphatic rings. The van der Waals surface area contributed by atoms with Crippen LogP contribution in [0.5, 0.6) is 5.75 Å². The molecule has 106 valence electrons. The van der Waals surface area contributed by atoms with Crippen LogP contribution in [0.25, 0.3) is 0 Å². The molecule has 2 aromatic rings. The van der Waals surface area contributed by atoms with Gasteiger partial charge in [-0.15, -0.1) is 0 Å². The summed E-state index contributed by atoms with van der Waals surface area (Å²) in [7, 11) is 0. The predicted molar refractivity (Wildman–Crippen MR) is 74.7 cm³/mol. The number of nitrogens with one attached hydrogen (secondary N) is 1. The predicted octanol–water partition coefficient (Wildman–Crippen LogP) is 3.69. The minimum absolute atomic E-state index is 0.189. The van der Waals surface area contributed by atoms with E-state index in [9.17, 15) is 8.78 Å². The molecule has 0 fully saturated rings. The smallest absolute Gasteiger partial charge is 0.136 e. The van der Waals surface area contributed by atoms with Crippen molar-refractivity contribution in [3.8, 4) is 5.75 Å². The van der Waals surface area contributed by atoms with Gasteiger partial charge in [-0.2, -0.15) is 0 Å². The summed E-state index contributed by atoms with van der Waals surface area (Å²) in [4.78, 5) is 0. The molecule has 0 aliphatic carbocycles. The van der Waals surface area contributed by atoms with Gasteiger partial charge in [0.25, 0.3) is 0 Å². The molecule has 1 N–H and O–H groups in total. The summed E-state index contributed by atoms with van der Waals surface area (Å²) >= 11 is 0. The van der Waals surface area contributed by atoms with Crippen LogP contribution < -0.4 is 10.1 Å². The first-order valence-electron chi connectivity index (χ1n) is 6.57. The molecule has 0 heterocycles. The highest BCUT2D eigenvalue weighted by atomic mass is 19.1. The zero-order chi connectivity index (χ0) is 14.4. The largest absolute Gasteiger partial charge is 0.484 e. The molecule has 0 aromatic heterocycles. The Bertz CT molecular complexity index is 525. The first-order chi connectivity index (χ1) is 9.69. The van der Waals surface area contributed by atoms with Crippen LogP contribution >= 0.6 is 0 Å². The molecule has 2 nitrogen and oxygen atoms in total. The van der Waals surface area contributed by atoms with Gasteiger partial charge in [-0.3, -0.25) is 0 Å². The fraction of sp³-hybridized carbons (Fsp3) is 0.250. The molecule has 20 heavy (non-hydrogen) atoms. The highest BCUT2D eigenvalue weighted by Crippen LogP contribution is 2.23. The van der Waals surface area contributed by atoms with Gasteiger partial charge in [0, 0.05) is 24.7 Å². The first-order valence-corrected chi connectivity index (χ1v) is 6.57. The minimum atomic E-state index is -0.643. The zero-order valence-electron chi connectivity index (χ0n) is 11.3. The van der Waals surface area contributed by atoms with Gasteiger partial charge in [-0.05, 0) is 12.1 Å². The fourth-order valence-electron chi connectivity index (χ4n) is 1.93. The topological polar surface area (TPSA) is 21.3 Å². The summed E-state index contributed by atoms with van der Waals surface area (Å²) in [5.74, 6) is -1.10. The van der Waals surface area contributed by atoms with Gasteiger partial charge in [0.2, 0.25) is 0 Å². The van der Waals surface area contributed by atoms with Gasteiger partial charge in [-0.25, -0.2) is 8.78 Å². The maximum absolute atomic E-state index is 13.2. The van der Waals surface area contributed by atoms with E-state index < -0.39 is 11.6 Å². The normalized spacial score (nSPS) is 12.2. The molecular formula is C16H17F2NO. The highest BCUT2D eigenvalue weighted by Gasteiger charge is 2.13. The van der Waals surface area contributed by atoms with E-state index in [2.05, 4.69) is 5.32 Å². The zero-order valence-corrected chi connectivity index (χ0v) is 11.3. The van der Waals surface area contributed by atoms with Crippen molar-refractivity contribution in [2.24, 2.45) is 0 Å². The number of benzene rings is 2. The Morgan fingerprint density at radius 3 is 2.30 bits per heavy atom. The fourth-order valence-corrected chi connectivity index (χ4v) is 1.93. The van der Waals surface area contributed by atoms with Gasteiger partial charge in [0.05, 0.1) is 0 Å². The monoisotopic (exact) mass is 277 g/mol. The molecule has 0 radical (unpaired) electrons. The Kier molecular flexibility index (Phi) is 5.07. The summed E-state index contributed by atoms with van der Waals surface area (Å²) in [6.07, 6.45) is -0.294. The van der Waals surface area contributed by atoms with Gasteiger partial charge >= 0.3 is 0 Å². The van der Waals surface area contributed by atoms with E-state index in [1.165, 1.54) is 12.1 Å². The van der Waals surface area contributed by atoms with E-state index in [4.69, 9.17) is 4.74 Å². The first kappa shape index (κ1) is 14.5. The number of halogens is 2. The second-order valence-electron chi connectivity index (χ2n) is 4.43. The number of likely N-dealkylation sites (N-methyl/N-ethyl adjacent to an activating group) is 1. The third kappa shape index (κ3) is 4.03. The SMILES string of the molecule is CCNCC(Oc1cc(F)cc(F)c1)c1ccccc1. The van der Waals surface area contributed by atoms with Crippen LogP contribution in [0, 0.1) is 11.6 Å². The molecule has 0 saturated carbocycles. The molecule has 4 heteroatoms. The molecule has 0 spiro atoms. The van der Waals surface area contributed by atoms with Crippen molar-refractivity contribution in [2.75, 3.05) is 13.1 Å². The summed E-state index contributed by atoms with van der Waals surface area (Å²) in [5, 5.41) is 3.18. The molecule has 0 bridgehead atoms. The van der Waals surface area contributed by atoms with Gasteiger partial charge in [-0.1, -0.05) is 37.3 Å². The molecule has 2 aromatic carbocycles. The quantitative estimate of drug-likeness (QED) is 0.869. The third-order valence-corrected chi connectivity index (χ3v) is 2.87. The van der Waals surface area contributed by atoms with Crippen LogP contribution in [0.3, 0.4) is 0 Å². The maximum Gasteiger partial charge on any atom is 0.136 e. The number of hydrogen-bond acceptors (Lipinski definition) is 2. The second kappa shape index (κ2) is 7.01. The molecular weight excluding hydrogens is 260 g/mol. The van der Waals surface area contributed by atoms with Crippen molar-refractivity contribution in [1.82, 2.24) is 5.32 Å². The lowest BCUT2D eigenvalue weighted by atomic mass is 10.1. The number of ether oxygens (including phenoxy) is 1. The van der Waals surface area contributed by atoms with Crippen molar-refractivity contribution in [3.63, 3.8) is 0 Å². The standard InChI is InChI=1S/C16H17F2NO/c1-2-19-11-16(12-6-4-3-5-7-12)20-15-9-13(17)8-14(18)10-15/h3-10,16,19H,2,11H2,1H3. The van der Waals surface area contributed by atoms with Crippen LogP contribution in [0.2, 0.25) is 0 Å². The van der Waals surface area contributed by atoms with Crippen LogP contribution in [0.1, 0.15) is 18.6 Å². The Hall–Kier alpha value is -1.94. The van der Waals surface area contributed by atoms with Crippen molar-refractivity contribution >= 4 is 0 Å². The highest BCUT2D eigenvalue weighted by molar-refractivity contribution is 5.26. The molecule has 0 aliphatic heterocycles. The van der Waals surface area contributed by atoms with E-state index in [0.717, 1.165) is 18.2 Å². The lowest BCUT2D eigenvalue weighted by molar-refractivity contribution is 0.201. The summed E-state index contributed by atoms with van der Waals surface area (Å²) in [6, 6.07) is 12.8. The summed E-state index contributed by atoms with van der Waals surface area (Å²) in [6.45, 7) is 3.35. The molecule has 0 saturated heterocycles. The molecule has 1 unspecified atom stereocenters. The van der Waals surface area contributed by atoms with Crippen molar-refractivity contribution in [2.45, 2.75) is 13.0 Å². The average molecular weight is 277 g/mol. The molecule has 1 atom stereocenters. The maximum atomic E-state index is 13.2. The van der Waals surface area contributed by atoms with Gasteiger partial charge in [0.1, 0.15) is 23.5 Å². The number of hydrogen-bond donors (Lipinski definition) is 1. The second-order valence-corrected chi connectivity index (χ2v) is 4.43. The van der Waals surface area contributed by atoms with Crippen LogP contribution in [0.15, 0.2) is 48.5 Å². The van der Waals surface area contributed by atoms with E-state index in [0.29, 0.717) is 6.54 Å². The van der Waals surface area contributed by atoms with Crippen molar-refractivity contribution < 1.29 is 13.5 Å². The number of rotatable bonds is 6. The van der Waals surface area contributed by atoms with Crippen molar-refractivity contribution in [1.29, 1.82) is 0 Å². The average Bonchev–Trinajstić information content (AvgIpc) is 2.43.